The molecule has 1 aromatic heterocycles. The summed E-state index contributed by atoms with van der Waals surface area (Å²) in [4.78, 5) is 11.4. The Morgan fingerprint density at radius 3 is 2.56 bits per heavy atom. The van der Waals surface area contributed by atoms with E-state index in [1.807, 2.05) is 30.3 Å². The summed E-state index contributed by atoms with van der Waals surface area (Å²) in [6.07, 6.45) is 1.55. The van der Waals surface area contributed by atoms with Crippen LogP contribution in [0, 0.1) is 16.0 Å². The maximum Gasteiger partial charge on any atom is 0.284 e. The van der Waals surface area contributed by atoms with Crippen LogP contribution in [0.5, 0.6) is 0 Å². The van der Waals surface area contributed by atoms with Crippen LogP contribution in [0.15, 0.2) is 63.5 Å². The van der Waals surface area contributed by atoms with Crippen molar-refractivity contribution in [1.82, 2.24) is 24.5 Å². The summed E-state index contributed by atoms with van der Waals surface area (Å²) in [6.45, 7) is 3.33. The van der Waals surface area contributed by atoms with Crippen molar-refractivity contribution in [2.45, 2.75) is 41.3 Å². The van der Waals surface area contributed by atoms with E-state index in [-0.39, 0.29) is 15.5 Å². The predicted octanol–water partition coefficient (Wildman–Crippen LogP) is 3.20. The Labute approximate surface area is 189 Å². The van der Waals surface area contributed by atoms with Crippen LogP contribution >= 0.6 is 11.8 Å². The zero-order valence-corrected chi connectivity index (χ0v) is 19.0. The number of tetrazole rings is 1. The molecule has 2 aromatic carbocycles. The van der Waals surface area contributed by atoms with Gasteiger partial charge in [0.15, 0.2) is 0 Å². The molecule has 10 nitrogen and oxygen atoms in total. The summed E-state index contributed by atoms with van der Waals surface area (Å²) in [5, 5.41) is 23.7. The summed E-state index contributed by atoms with van der Waals surface area (Å²) < 4.78 is 29.0. The molecular weight excluding hydrogens is 452 g/mol. The molecular formula is C20H22N6O4S2. The summed E-state index contributed by atoms with van der Waals surface area (Å²) in [6, 6.07) is 13.6. The maximum atomic E-state index is 13.0. The van der Waals surface area contributed by atoms with E-state index in [9.17, 15) is 18.5 Å². The van der Waals surface area contributed by atoms with Crippen LogP contribution < -0.4 is 0 Å². The van der Waals surface area contributed by atoms with Gasteiger partial charge < -0.3 is 0 Å². The van der Waals surface area contributed by atoms with Gasteiger partial charge in [-0.1, -0.05) is 37.3 Å². The number of piperidine rings is 1. The number of sulfonamides is 1. The zero-order chi connectivity index (χ0) is 22.7. The second kappa shape index (κ2) is 9.35. The van der Waals surface area contributed by atoms with Crippen LogP contribution in [0.25, 0.3) is 0 Å². The molecule has 0 spiro atoms. The topological polar surface area (TPSA) is 124 Å². The Hall–Kier alpha value is -2.83. The first-order valence-electron chi connectivity index (χ1n) is 10.1. The molecule has 0 bridgehead atoms. The smallest absolute Gasteiger partial charge is 0.258 e. The average molecular weight is 475 g/mol. The molecule has 1 saturated heterocycles. The predicted molar refractivity (Wildman–Crippen MR) is 118 cm³/mol. The van der Waals surface area contributed by atoms with Crippen molar-refractivity contribution in [1.29, 1.82) is 0 Å². The lowest BCUT2D eigenvalue weighted by atomic mass is 10.0. The third-order valence-electron chi connectivity index (χ3n) is 5.38. The van der Waals surface area contributed by atoms with Crippen molar-refractivity contribution >= 4 is 27.5 Å². The fourth-order valence-electron chi connectivity index (χ4n) is 3.48. The van der Waals surface area contributed by atoms with E-state index in [0.29, 0.717) is 30.7 Å². The molecule has 0 amide bonds. The number of benzene rings is 2. The molecule has 32 heavy (non-hydrogen) atoms. The van der Waals surface area contributed by atoms with Gasteiger partial charge in [-0.15, -0.1) is 5.10 Å². The van der Waals surface area contributed by atoms with Crippen molar-refractivity contribution in [3.05, 3.63) is 64.2 Å². The summed E-state index contributed by atoms with van der Waals surface area (Å²) >= 11 is 1.03. The molecule has 1 fully saturated rings. The van der Waals surface area contributed by atoms with Crippen molar-refractivity contribution in [2.75, 3.05) is 13.1 Å². The summed E-state index contributed by atoms with van der Waals surface area (Å²) in [5.74, 6) is 0.469. The second-order valence-electron chi connectivity index (χ2n) is 7.68. The third kappa shape index (κ3) is 4.81. The molecule has 168 valence electrons. The van der Waals surface area contributed by atoms with Gasteiger partial charge in [-0.3, -0.25) is 10.1 Å². The van der Waals surface area contributed by atoms with E-state index in [1.165, 1.54) is 16.4 Å². The summed E-state index contributed by atoms with van der Waals surface area (Å²) in [5.41, 5.74) is 0.684. The van der Waals surface area contributed by atoms with Crippen LogP contribution in [0.2, 0.25) is 0 Å². The maximum absolute atomic E-state index is 13.0. The number of nitrogens with zero attached hydrogens (tertiary/aromatic N) is 6. The average Bonchev–Trinajstić information content (AvgIpc) is 3.21. The molecule has 0 aliphatic carbocycles. The van der Waals surface area contributed by atoms with Crippen LogP contribution in [-0.2, 0) is 16.6 Å². The lowest BCUT2D eigenvalue weighted by Crippen LogP contribution is -2.37. The molecule has 0 N–H and O–H groups in total. The number of hydrogen-bond acceptors (Lipinski definition) is 8. The van der Waals surface area contributed by atoms with Crippen LogP contribution in [0.1, 0.15) is 25.3 Å². The molecule has 0 atom stereocenters. The van der Waals surface area contributed by atoms with Gasteiger partial charge in [0.1, 0.15) is 0 Å². The summed E-state index contributed by atoms with van der Waals surface area (Å²) in [7, 11) is -3.80. The van der Waals surface area contributed by atoms with Crippen LogP contribution in [0.4, 0.5) is 5.69 Å². The van der Waals surface area contributed by atoms with Gasteiger partial charge in [-0.2, -0.15) is 4.31 Å². The van der Waals surface area contributed by atoms with E-state index >= 15 is 0 Å². The first-order chi connectivity index (χ1) is 15.3. The van der Waals surface area contributed by atoms with Gasteiger partial charge in [-0.05, 0) is 58.6 Å². The van der Waals surface area contributed by atoms with Gasteiger partial charge in [0.25, 0.3) is 5.69 Å². The number of hydrogen-bond donors (Lipinski definition) is 0. The Balaban J connectivity index is 1.60. The monoisotopic (exact) mass is 474 g/mol. The largest absolute Gasteiger partial charge is 0.284 e. The zero-order valence-electron chi connectivity index (χ0n) is 17.4. The minimum atomic E-state index is -3.80. The highest BCUT2D eigenvalue weighted by atomic mass is 32.2. The molecule has 0 saturated carbocycles. The number of aromatic nitrogens is 4. The Morgan fingerprint density at radius 2 is 1.88 bits per heavy atom. The highest BCUT2D eigenvalue weighted by Gasteiger charge is 2.30. The Morgan fingerprint density at radius 1 is 1.16 bits per heavy atom. The van der Waals surface area contributed by atoms with E-state index in [1.54, 1.807) is 4.68 Å². The lowest BCUT2D eigenvalue weighted by molar-refractivity contribution is -0.388. The molecule has 12 heteroatoms. The van der Waals surface area contributed by atoms with Crippen molar-refractivity contribution < 1.29 is 13.3 Å². The lowest BCUT2D eigenvalue weighted by Gasteiger charge is -2.29. The van der Waals surface area contributed by atoms with Crippen LogP contribution in [0.3, 0.4) is 0 Å². The van der Waals surface area contributed by atoms with E-state index < -0.39 is 14.9 Å². The molecule has 4 rings (SSSR count). The van der Waals surface area contributed by atoms with Crippen molar-refractivity contribution in [3.63, 3.8) is 0 Å². The Kier molecular flexibility index (Phi) is 6.53. The third-order valence-corrected chi connectivity index (χ3v) is 8.32. The van der Waals surface area contributed by atoms with E-state index in [0.717, 1.165) is 36.2 Å². The first-order valence-corrected chi connectivity index (χ1v) is 12.4. The van der Waals surface area contributed by atoms with Gasteiger partial charge in [0, 0.05) is 19.2 Å². The molecule has 2 heterocycles. The van der Waals surface area contributed by atoms with Gasteiger partial charge in [0.05, 0.1) is 21.3 Å². The molecule has 1 aliphatic heterocycles. The van der Waals surface area contributed by atoms with Gasteiger partial charge in [0.2, 0.25) is 15.2 Å². The number of rotatable bonds is 7. The van der Waals surface area contributed by atoms with E-state index in [2.05, 4.69) is 22.4 Å². The normalized spacial score (nSPS) is 15.7. The number of nitro groups is 1. The minimum absolute atomic E-state index is 0.0769. The minimum Gasteiger partial charge on any atom is -0.258 e. The Bertz CT molecular complexity index is 1210. The fraction of sp³-hybridized carbons (Fsp3) is 0.350. The fourth-order valence-corrected chi connectivity index (χ4v) is 5.83. The van der Waals surface area contributed by atoms with Crippen molar-refractivity contribution in [3.8, 4) is 0 Å². The highest BCUT2D eigenvalue weighted by molar-refractivity contribution is 7.99. The van der Waals surface area contributed by atoms with Gasteiger partial charge in [-0.25, -0.2) is 13.1 Å². The molecule has 0 unspecified atom stereocenters. The van der Waals surface area contributed by atoms with Crippen molar-refractivity contribution in [2.24, 2.45) is 5.92 Å². The standard InChI is InChI=1S/C20H22N6O4S2/c1-15-9-11-24(12-10-15)32(29,30)17-7-8-19(18(13-17)26(27)28)31-20-21-22-23-25(20)14-16-5-3-2-4-6-16/h2-8,13,15H,9-12,14H2,1H3. The molecule has 0 radical (unpaired) electrons. The number of nitro benzene ring substituents is 1. The van der Waals surface area contributed by atoms with E-state index in [4.69, 9.17) is 0 Å². The molecule has 3 aromatic rings. The SMILES string of the molecule is CC1CCN(S(=O)(=O)c2ccc(Sc3nnnn3Cc3ccccc3)c([N+](=O)[O-])c2)CC1. The van der Waals surface area contributed by atoms with Crippen LogP contribution in [-0.4, -0.2) is 50.9 Å². The first kappa shape index (κ1) is 22.4. The highest BCUT2D eigenvalue weighted by Crippen LogP contribution is 2.36. The quantitative estimate of drug-likeness (QED) is 0.378. The van der Waals surface area contributed by atoms with Gasteiger partial charge >= 0.3 is 0 Å². The second-order valence-corrected chi connectivity index (χ2v) is 10.6. The molecule has 1 aliphatic rings.